The Kier molecular flexibility index (Phi) is 5.77. The van der Waals surface area contributed by atoms with E-state index in [1.807, 2.05) is 18.2 Å². The van der Waals surface area contributed by atoms with E-state index in [0.29, 0.717) is 0 Å². The fourth-order valence-electron chi connectivity index (χ4n) is 1.32. The SMILES string of the molecule is COC(=O)CN(Cc1ccccc1)S(=O)(=O)CBr. The summed E-state index contributed by atoms with van der Waals surface area (Å²) in [5.74, 6) is -0.588. The van der Waals surface area contributed by atoms with Gasteiger partial charge in [0.25, 0.3) is 0 Å². The summed E-state index contributed by atoms with van der Waals surface area (Å²) in [6.45, 7) is -0.150. The van der Waals surface area contributed by atoms with Crippen LogP contribution in [-0.2, 0) is 26.1 Å². The molecule has 0 fully saturated rings. The van der Waals surface area contributed by atoms with Gasteiger partial charge in [0.1, 0.15) is 11.2 Å². The van der Waals surface area contributed by atoms with Crippen molar-refractivity contribution >= 4 is 31.9 Å². The predicted molar refractivity (Wildman–Crippen MR) is 71.6 cm³/mol. The zero-order valence-corrected chi connectivity index (χ0v) is 12.3. The van der Waals surface area contributed by atoms with Gasteiger partial charge in [-0.05, 0) is 5.56 Å². The second-order valence-electron chi connectivity index (χ2n) is 3.55. The largest absolute Gasteiger partial charge is 0.468 e. The van der Waals surface area contributed by atoms with E-state index in [2.05, 4.69) is 20.7 Å². The molecule has 0 radical (unpaired) electrons. The molecule has 0 N–H and O–H groups in total. The number of carbonyl (C=O) groups is 1. The average molecular weight is 336 g/mol. The standard InChI is InChI=1S/C11H14BrNO4S/c1-17-11(14)8-13(18(15,16)9-12)7-10-5-3-2-4-6-10/h2-6H,7-9H2,1H3. The molecule has 1 rings (SSSR count). The van der Waals surface area contributed by atoms with Crippen LogP contribution in [0, 0.1) is 0 Å². The van der Waals surface area contributed by atoms with Crippen LogP contribution in [0.5, 0.6) is 0 Å². The van der Waals surface area contributed by atoms with Crippen LogP contribution in [0.4, 0.5) is 0 Å². The number of sulfonamides is 1. The van der Waals surface area contributed by atoms with Crippen molar-refractivity contribution < 1.29 is 17.9 Å². The number of alkyl halides is 1. The average Bonchev–Trinajstić information content (AvgIpc) is 2.39. The number of halogens is 1. The Morgan fingerprint density at radius 2 is 1.94 bits per heavy atom. The second-order valence-corrected chi connectivity index (χ2v) is 6.82. The van der Waals surface area contributed by atoms with Crippen LogP contribution in [-0.4, -0.2) is 37.0 Å². The Morgan fingerprint density at radius 1 is 1.33 bits per heavy atom. The van der Waals surface area contributed by atoms with Gasteiger partial charge in [-0.15, -0.1) is 0 Å². The minimum atomic E-state index is -3.51. The molecule has 0 atom stereocenters. The molecular formula is C11H14BrNO4S. The zero-order chi connectivity index (χ0) is 13.6. The van der Waals surface area contributed by atoms with Gasteiger partial charge in [-0.3, -0.25) is 4.79 Å². The smallest absolute Gasteiger partial charge is 0.321 e. The van der Waals surface area contributed by atoms with Crippen LogP contribution >= 0.6 is 15.9 Å². The molecule has 0 aliphatic carbocycles. The first-order valence-electron chi connectivity index (χ1n) is 5.14. The van der Waals surface area contributed by atoms with Crippen LogP contribution in [0.15, 0.2) is 30.3 Å². The third-order valence-electron chi connectivity index (χ3n) is 2.27. The van der Waals surface area contributed by atoms with Crippen molar-refractivity contribution in [1.29, 1.82) is 0 Å². The van der Waals surface area contributed by atoms with Crippen molar-refractivity contribution in [3.05, 3.63) is 35.9 Å². The second kappa shape index (κ2) is 6.86. The molecule has 0 unspecified atom stereocenters. The van der Waals surface area contributed by atoms with E-state index in [-0.39, 0.29) is 17.8 Å². The molecule has 0 spiro atoms. The molecule has 0 saturated heterocycles. The molecule has 5 nitrogen and oxygen atoms in total. The lowest BCUT2D eigenvalue weighted by Crippen LogP contribution is -2.36. The lowest BCUT2D eigenvalue weighted by Gasteiger charge is -2.19. The van der Waals surface area contributed by atoms with Crippen molar-refractivity contribution in [3.8, 4) is 0 Å². The maximum atomic E-state index is 11.8. The van der Waals surface area contributed by atoms with Crippen molar-refractivity contribution in [2.45, 2.75) is 6.54 Å². The molecule has 1 aromatic rings. The highest BCUT2D eigenvalue weighted by Crippen LogP contribution is 2.11. The summed E-state index contributed by atoms with van der Waals surface area (Å²) in [4.78, 5) is 11.2. The molecule has 18 heavy (non-hydrogen) atoms. The number of methoxy groups -OCH3 is 1. The number of rotatable bonds is 6. The molecule has 1 aromatic carbocycles. The summed E-state index contributed by atoms with van der Waals surface area (Å²) < 4.78 is 29.0. The van der Waals surface area contributed by atoms with Crippen LogP contribution in [0.25, 0.3) is 0 Å². The summed E-state index contributed by atoms with van der Waals surface area (Å²) in [6, 6.07) is 9.06. The summed E-state index contributed by atoms with van der Waals surface area (Å²) in [5.41, 5.74) is 0.811. The lowest BCUT2D eigenvalue weighted by atomic mass is 10.2. The van der Waals surface area contributed by atoms with Gasteiger partial charge in [-0.25, -0.2) is 8.42 Å². The number of ether oxygens (including phenoxy) is 1. The van der Waals surface area contributed by atoms with Gasteiger partial charge in [0.15, 0.2) is 0 Å². The topological polar surface area (TPSA) is 63.7 Å². The maximum Gasteiger partial charge on any atom is 0.321 e. The van der Waals surface area contributed by atoms with E-state index < -0.39 is 16.0 Å². The van der Waals surface area contributed by atoms with Crippen molar-refractivity contribution in [1.82, 2.24) is 4.31 Å². The van der Waals surface area contributed by atoms with Gasteiger partial charge in [0, 0.05) is 6.54 Å². The first-order valence-corrected chi connectivity index (χ1v) is 7.87. The fourth-order valence-corrected chi connectivity index (χ4v) is 2.97. The van der Waals surface area contributed by atoms with E-state index in [0.717, 1.165) is 9.87 Å². The quantitative estimate of drug-likeness (QED) is 0.581. The highest BCUT2D eigenvalue weighted by atomic mass is 79.9. The summed E-state index contributed by atoms with van der Waals surface area (Å²) in [5, 5.41) is 0. The predicted octanol–water partition coefficient (Wildman–Crippen LogP) is 1.34. The number of hydrogen-bond donors (Lipinski definition) is 0. The lowest BCUT2D eigenvalue weighted by molar-refractivity contribution is -0.140. The van der Waals surface area contributed by atoms with Gasteiger partial charge in [-0.1, -0.05) is 46.3 Å². The van der Waals surface area contributed by atoms with Gasteiger partial charge in [0.05, 0.1) is 7.11 Å². The van der Waals surface area contributed by atoms with Crippen LogP contribution in [0.3, 0.4) is 0 Å². The first kappa shape index (κ1) is 15.1. The first-order chi connectivity index (χ1) is 8.49. The summed E-state index contributed by atoms with van der Waals surface area (Å²) >= 11 is 2.92. The van der Waals surface area contributed by atoms with Crippen LogP contribution in [0.1, 0.15) is 5.56 Å². The van der Waals surface area contributed by atoms with E-state index in [4.69, 9.17) is 0 Å². The number of benzene rings is 1. The summed E-state index contributed by atoms with van der Waals surface area (Å²) in [6.07, 6.45) is 0. The monoisotopic (exact) mass is 335 g/mol. The van der Waals surface area contributed by atoms with Crippen LogP contribution < -0.4 is 0 Å². The normalized spacial score (nSPS) is 11.5. The Hall–Kier alpha value is -0.920. The minimum absolute atomic E-state index is 0.143. The fraction of sp³-hybridized carbons (Fsp3) is 0.364. The Morgan fingerprint density at radius 3 is 2.44 bits per heavy atom. The molecule has 0 saturated carbocycles. The van der Waals surface area contributed by atoms with Crippen molar-refractivity contribution in [2.75, 3.05) is 18.3 Å². The van der Waals surface area contributed by atoms with Gasteiger partial charge >= 0.3 is 5.97 Å². The van der Waals surface area contributed by atoms with Gasteiger partial charge < -0.3 is 4.74 Å². The van der Waals surface area contributed by atoms with Crippen molar-refractivity contribution in [3.63, 3.8) is 0 Å². The Balaban J connectivity index is 2.88. The zero-order valence-electron chi connectivity index (χ0n) is 9.87. The van der Waals surface area contributed by atoms with E-state index in [1.165, 1.54) is 7.11 Å². The Bertz CT molecular complexity index is 489. The molecule has 0 aliphatic heterocycles. The molecule has 100 valence electrons. The molecule has 0 aromatic heterocycles. The molecule has 0 bridgehead atoms. The third kappa shape index (κ3) is 4.40. The molecule has 0 aliphatic rings. The molecule has 0 amide bonds. The molecule has 7 heteroatoms. The maximum absolute atomic E-state index is 11.8. The number of hydrogen-bond acceptors (Lipinski definition) is 4. The number of nitrogens with zero attached hydrogens (tertiary/aromatic N) is 1. The van der Waals surface area contributed by atoms with E-state index in [1.54, 1.807) is 12.1 Å². The minimum Gasteiger partial charge on any atom is -0.468 e. The highest BCUT2D eigenvalue weighted by molar-refractivity contribution is 9.10. The van der Waals surface area contributed by atoms with Crippen molar-refractivity contribution in [2.24, 2.45) is 0 Å². The van der Waals surface area contributed by atoms with Crippen LogP contribution in [0.2, 0.25) is 0 Å². The van der Waals surface area contributed by atoms with E-state index in [9.17, 15) is 13.2 Å². The van der Waals surface area contributed by atoms with Gasteiger partial charge in [0.2, 0.25) is 10.0 Å². The summed E-state index contributed by atoms with van der Waals surface area (Å²) in [7, 11) is -2.29. The Labute approximate surface area is 115 Å². The van der Waals surface area contributed by atoms with Gasteiger partial charge in [-0.2, -0.15) is 4.31 Å². The number of carbonyl (C=O) groups excluding carboxylic acids is 1. The number of esters is 1. The highest BCUT2D eigenvalue weighted by Gasteiger charge is 2.23. The van der Waals surface area contributed by atoms with E-state index >= 15 is 0 Å². The molecule has 0 heterocycles. The third-order valence-corrected chi connectivity index (χ3v) is 5.32. The molecular weight excluding hydrogens is 322 g/mol.